The summed E-state index contributed by atoms with van der Waals surface area (Å²) in [6.45, 7) is 0. The number of amides is 2. The second kappa shape index (κ2) is 7.76. The van der Waals surface area contributed by atoms with Crippen molar-refractivity contribution < 1.29 is 44.3 Å². The number of rotatable bonds is 3. The number of hydrogen-bond donors (Lipinski definition) is 2. The molecule has 1 unspecified atom stereocenters. The molecule has 9 nitrogen and oxygen atoms in total. The lowest BCUT2D eigenvalue weighted by molar-refractivity contribution is -0.197. The van der Waals surface area contributed by atoms with Crippen LogP contribution in [0.1, 0.15) is 5.56 Å². The molecule has 1 aliphatic rings. The van der Waals surface area contributed by atoms with Gasteiger partial charge in [-0.3, -0.25) is 5.32 Å². The van der Waals surface area contributed by atoms with E-state index in [4.69, 9.17) is 0 Å². The third-order valence-corrected chi connectivity index (χ3v) is 4.58. The van der Waals surface area contributed by atoms with Crippen molar-refractivity contribution in [1.82, 2.24) is 14.9 Å². The monoisotopic (exact) mass is 447 g/mol. The van der Waals surface area contributed by atoms with Gasteiger partial charge < -0.3 is 4.74 Å². The van der Waals surface area contributed by atoms with Gasteiger partial charge in [0.05, 0.1) is 17.6 Å². The summed E-state index contributed by atoms with van der Waals surface area (Å²) in [7, 11) is -4.13. The Bertz CT molecular complexity index is 944. The van der Waals surface area contributed by atoms with Crippen molar-refractivity contribution in [1.29, 1.82) is 0 Å². The molecule has 0 bridgehead atoms. The van der Waals surface area contributed by atoms with Gasteiger partial charge in [-0.2, -0.15) is 23.1 Å². The maximum Gasteiger partial charge on any atom is 0.493 e. The van der Waals surface area contributed by atoms with Crippen LogP contribution in [0.4, 0.5) is 31.1 Å². The molecule has 2 amide bonds. The van der Waals surface area contributed by atoms with Crippen LogP contribution in [-0.4, -0.2) is 51.4 Å². The average Bonchev–Trinajstić information content (AvgIpc) is 2.59. The van der Waals surface area contributed by atoms with Gasteiger partial charge in [-0.1, -0.05) is 12.1 Å². The minimum Gasteiger partial charge on any atom is -0.468 e. The fraction of sp³-hybridized carbons (Fsp3) is 0.308. The first-order chi connectivity index (χ1) is 13.3. The number of alkyl halides is 6. The lowest BCUT2D eigenvalue weighted by Crippen LogP contribution is -2.49. The topological polar surface area (TPSA) is 112 Å². The van der Waals surface area contributed by atoms with E-state index < -0.39 is 56.2 Å². The number of aliphatic imine (C=N–C) groups is 2. The van der Waals surface area contributed by atoms with Gasteiger partial charge in [-0.15, -0.1) is 13.2 Å². The molecule has 0 spiro atoms. The summed E-state index contributed by atoms with van der Waals surface area (Å²) in [6.07, 6.45) is -11.5. The second-order valence-corrected chi connectivity index (χ2v) is 6.82. The van der Waals surface area contributed by atoms with E-state index in [0.29, 0.717) is 12.1 Å². The Morgan fingerprint density at radius 3 is 2.34 bits per heavy atom. The third-order valence-electron chi connectivity index (χ3n) is 3.19. The first-order valence-corrected chi connectivity index (χ1v) is 8.74. The summed E-state index contributed by atoms with van der Waals surface area (Å²) in [5.41, 5.74) is -1.52. The largest absolute Gasteiger partial charge is 0.493 e. The van der Waals surface area contributed by atoms with Crippen LogP contribution in [0.5, 0.6) is 0 Å². The van der Waals surface area contributed by atoms with Gasteiger partial charge in [-0.25, -0.2) is 22.9 Å². The Labute approximate surface area is 159 Å². The number of halogens is 6. The normalized spacial score (nSPS) is 17.6. The van der Waals surface area contributed by atoms with Crippen molar-refractivity contribution in [3.8, 4) is 0 Å². The fourth-order valence-corrected chi connectivity index (χ4v) is 3.18. The Hall–Kier alpha value is -3.04. The first-order valence-electron chi connectivity index (χ1n) is 7.26. The van der Waals surface area contributed by atoms with E-state index in [2.05, 4.69) is 14.7 Å². The van der Waals surface area contributed by atoms with E-state index >= 15 is 0 Å². The number of nitrogens with one attached hydrogen (secondary N) is 2. The lowest BCUT2D eigenvalue weighted by Gasteiger charge is -2.26. The number of sulfonamides is 1. The molecule has 2 rings (SSSR count). The van der Waals surface area contributed by atoms with Crippen molar-refractivity contribution >= 4 is 28.4 Å². The molecular weight excluding hydrogens is 436 g/mol. The van der Waals surface area contributed by atoms with Gasteiger partial charge in [0.1, 0.15) is 6.34 Å². The molecule has 0 aliphatic carbocycles. The minimum atomic E-state index is -5.02. The molecule has 1 aliphatic heterocycles. The quantitative estimate of drug-likeness (QED) is 0.543. The summed E-state index contributed by atoms with van der Waals surface area (Å²) in [6, 6.07) is 0.491. The van der Waals surface area contributed by atoms with Gasteiger partial charge in [0, 0.05) is 0 Å². The van der Waals surface area contributed by atoms with Crippen molar-refractivity contribution in [3.63, 3.8) is 0 Å². The Morgan fingerprint density at radius 1 is 1.17 bits per heavy atom. The summed E-state index contributed by atoms with van der Waals surface area (Å²) < 4.78 is 107. The number of urea groups is 1. The molecule has 2 N–H and O–H groups in total. The van der Waals surface area contributed by atoms with E-state index in [-0.39, 0.29) is 6.34 Å². The van der Waals surface area contributed by atoms with E-state index in [1.165, 1.54) is 4.72 Å². The van der Waals surface area contributed by atoms with Crippen LogP contribution in [0, 0.1) is 0 Å². The maximum absolute atomic E-state index is 13.0. The summed E-state index contributed by atoms with van der Waals surface area (Å²) in [4.78, 5) is 16.7. The highest BCUT2D eigenvalue weighted by Crippen LogP contribution is 2.33. The van der Waals surface area contributed by atoms with Crippen LogP contribution in [0.15, 0.2) is 39.1 Å². The standard InChI is InChI=1S/C13H11F6N5O4S/c1-28-11-22-9(20-6-24(11)13(17,18)19)21-10(25)23-29(26,27)8-5-3-2-4-7(8)12(14,15)16/h2-6,9H,1H3,(H2,21,23,25). The van der Waals surface area contributed by atoms with E-state index in [0.717, 1.165) is 19.2 Å². The molecule has 0 aromatic heterocycles. The SMILES string of the molecule is COC1=NC(NC(=O)NS(=O)(=O)c2ccccc2C(F)(F)F)N=CN1C(F)(F)F. The lowest BCUT2D eigenvalue weighted by atomic mass is 10.2. The summed E-state index contributed by atoms with van der Waals surface area (Å²) in [5.74, 6) is 0. The predicted molar refractivity (Wildman–Crippen MR) is 84.9 cm³/mol. The van der Waals surface area contributed by atoms with Crippen molar-refractivity contribution in [2.24, 2.45) is 9.98 Å². The van der Waals surface area contributed by atoms with Gasteiger partial charge in [0.25, 0.3) is 10.0 Å². The molecule has 0 saturated carbocycles. The van der Waals surface area contributed by atoms with E-state index in [9.17, 15) is 39.6 Å². The van der Waals surface area contributed by atoms with Gasteiger partial charge in [0.15, 0.2) is 0 Å². The van der Waals surface area contributed by atoms with Crippen molar-refractivity contribution in [2.75, 3.05) is 7.11 Å². The van der Waals surface area contributed by atoms with Crippen molar-refractivity contribution in [2.45, 2.75) is 23.7 Å². The number of hydrogen-bond acceptors (Lipinski definition) is 7. The summed E-state index contributed by atoms with van der Waals surface area (Å²) in [5, 5.41) is 1.77. The zero-order valence-electron chi connectivity index (χ0n) is 14.1. The highest BCUT2D eigenvalue weighted by Gasteiger charge is 2.42. The number of benzene rings is 1. The second-order valence-electron chi connectivity index (χ2n) is 5.16. The van der Waals surface area contributed by atoms with E-state index in [1.807, 2.05) is 0 Å². The molecule has 16 heteroatoms. The van der Waals surface area contributed by atoms with Crippen molar-refractivity contribution in [3.05, 3.63) is 29.8 Å². The third kappa shape index (κ3) is 5.27. The summed E-state index contributed by atoms with van der Waals surface area (Å²) >= 11 is 0. The molecule has 0 fully saturated rings. The number of nitrogens with zero attached hydrogens (tertiary/aromatic N) is 3. The number of amidine groups is 1. The van der Waals surface area contributed by atoms with Crippen LogP contribution in [-0.2, 0) is 20.9 Å². The van der Waals surface area contributed by atoms with Crippen LogP contribution in [0.25, 0.3) is 0 Å². The molecule has 1 heterocycles. The Balaban J connectivity index is 2.17. The fourth-order valence-electron chi connectivity index (χ4n) is 2.03. The zero-order chi connectivity index (χ0) is 22.0. The molecule has 0 radical (unpaired) electrons. The minimum absolute atomic E-state index is 0.226. The Morgan fingerprint density at radius 2 is 1.79 bits per heavy atom. The van der Waals surface area contributed by atoms with Gasteiger partial charge in [-0.05, 0) is 12.1 Å². The maximum atomic E-state index is 13.0. The number of methoxy groups -OCH3 is 1. The zero-order valence-corrected chi connectivity index (χ0v) is 14.9. The first kappa shape index (κ1) is 22.3. The molecule has 1 aromatic carbocycles. The predicted octanol–water partition coefficient (Wildman–Crippen LogP) is 1.84. The van der Waals surface area contributed by atoms with Gasteiger partial charge in [0.2, 0.25) is 6.29 Å². The molecule has 0 saturated heterocycles. The number of carbonyl (C=O) groups is 1. The highest BCUT2D eigenvalue weighted by molar-refractivity contribution is 7.90. The molecule has 160 valence electrons. The highest BCUT2D eigenvalue weighted by atomic mass is 32.2. The van der Waals surface area contributed by atoms with Crippen LogP contribution < -0.4 is 10.0 Å². The Kier molecular flexibility index (Phi) is 5.96. The van der Waals surface area contributed by atoms with E-state index in [1.54, 1.807) is 5.32 Å². The molecule has 1 atom stereocenters. The van der Waals surface area contributed by atoms with Crippen LogP contribution in [0.2, 0.25) is 0 Å². The molecule has 1 aromatic rings. The van der Waals surface area contributed by atoms with Crippen LogP contribution >= 0.6 is 0 Å². The average molecular weight is 447 g/mol. The van der Waals surface area contributed by atoms with Crippen LogP contribution in [0.3, 0.4) is 0 Å². The molecule has 29 heavy (non-hydrogen) atoms. The smallest absolute Gasteiger partial charge is 0.468 e. The molecular formula is C13H11F6N5O4S. The van der Waals surface area contributed by atoms with Gasteiger partial charge >= 0.3 is 24.5 Å². The number of ether oxygens (including phenoxy) is 1. The number of carbonyl (C=O) groups excluding carboxylic acids is 1.